The Kier molecular flexibility index (Phi) is 39.5. The smallest absolute Gasteiger partial charge is 0.744 e. The van der Waals surface area contributed by atoms with Crippen molar-refractivity contribution in [3.05, 3.63) is 58.7 Å². The fourth-order valence-electron chi connectivity index (χ4n) is 8.50. The zero-order valence-corrected chi connectivity index (χ0v) is 43.7. The van der Waals surface area contributed by atoms with Crippen molar-refractivity contribution in [1.29, 1.82) is 0 Å². The van der Waals surface area contributed by atoms with Crippen molar-refractivity contribution in [2.24, 2.45) is 0 Å². The first-order valence-electron chi connectivity index (χ1n) is 25.1. The molecule has 2 aromatic rings. The molecule has 0 unspecified atom stereocenters. The molecule has 0 amide bonds. The Morgan fingerprint density at radius 3 is 0.770 bits per heavy atom. The Hall–Kier alpha value is -0.480. The predicted molar refractivity (Wildman–Crippen MR) is 260 cm³/mol. The fourth-order valence-corrected chi connectivity index (χ4v) is 10.1. The van der Waals surface area contributed by atoms with Crippen molar-refractivity contribution in [2.45, 2.75) is 269 Å². The molecule has 0 spiro atoms. The van der Waals surface area contributed by atoms with E-state index in [9.17, 15) is 25.9 Å². The van der Waals surface area contributed by atoms with Gasteiger partial charge in [-0.15, -0.1) is 0 Å². The van der Waals surface area contributed by atoms with Crippen LogP contribution in [-0.2, 0) is 45.9 Å². The number of hydrogen-bond acceptors (Lipinski definition) is 6. The van der Waals surface area contributed by atoms with E-state index in [4.69, 9.17) is 0 Å². The van der Waals surface area contributed by atoms with Crippen molar-refractivity contribution in [3.63, 3.8) is 0 Å². The van der Waals surface area contributed by atoms with Crippen LogP contribution in [0.15, 0.2) is 46.2 Å². The number of rotatable bonds is 38. The molecule has 61 heavy (non-hydrogen) atoms. The van der Waals surface area contributed by atoms with E-state index in [1.165, 1.54) is 179 Å². The molecule has 6 nitrogen and oxygen atoms in total. The van der Waals surface area contributed by atoms with Gasteiger partial charge in [-0.05, 0) is 85.8 Å². The van der Waals surface area contributed by atoms with Gasteiger partial charge in [0.05, 0.1) is 9.79 Å². The minimum absolute atomic E-state index is 0. The van der Waals surface area contributed by atoms with E-state index in [0.29, 0.717) is 12.8 Å². The molecule has 0 atom stereocenters. The monoisotopic (exact) mass is 915 g/mol. The maximum absolute atomic E-state index is 11.8. The van der Waals surface area contributed by atoms with Gasteiger partial charge < -0.3 is 9.11 Å². The first kappa shape index (κ1) is 60.5. The van der Waals surface area contributed by atoms with Crippen LogP contribution in [0.25, 0.3) is 0 Å². The molecule has 0 bridgehead atoms. The van der Waals surface area contributed by atoms with Gasteiger partial charge in [-0.25, -0.2) is 16.8 Å². The van der Waals surface area contributed by atoms with Crippen molar-refractivity contribution in [2.75, 3.05) is 0 Å². The van der Waals surface area contributed by atoms with E-state index < -0.39 is 20.2 Å². The van der Waals surface area contributed by atoms with Crippen LogP contribution < -0.4 is 0 Å². The molecule has 0 aliphatic rings. The second kappa shape index (κ2) is 39.8. The van der Waals surface area contributed by atoms with Gasteiger partial charge in [0.25, 0.3) is 0 Å². The molecule has 2 rings (SSSR count). The Balaban J connectivity index is 0.00000116. The molecule has 0 aliphatic heterocycles. The van der Waals surface area contributed by atoms with E-state index in [-0.39, 0.29) is 47.5 Å². The molecule has 0 heterocycles. The van der Waals surface area contributed by atoms with Gasteiger partial charge in [0.15, 0.2) is 0 Å². The number of benzene rings is 2. The zero-order chi connectivity index (χ0) is 44.2. The molecule has 348 valence electrons. The van der Waals surface area contributed by atoms with Gasteiger partial charge in [-0.3, -0.25) is 0 Å². The van der Waals surface area contributed by atoms with Crippen molar-refractivity contribution < 1.29 is 25.9 Å². The third-order valence-corrected chi connectivity index (χ3v) is 14.0. The Bertz CT molecular complexity index is 1430. The number of unbranched alkanes of at least 4 members (excludes halogenated alkanes) is 28. The van der Waals surface area contributed by atoms with Crippen LogP contribution >= 0.6 is 0 Å². The molecule has 9 heteroatoms. The van der Waals surface area contributed by atoms with Crippen LogP contribution in [0, 0.1) is 0 Å². The van der Waals surface area contributed by atoms with Crippen LogP contribution in [0.3, 0.4) is 0 Å². The van der Waals surface area contributed by atoms with E-state index in [1.807, 2.05) is 12.1 Å². The Labute approximate surface area is 407 Å². The SMILES string of the molecule is CCCCCCCCCCc1cccc(S(=O)(=O)[O-])c1CCCCCCCCCC.CCCCCCCCCCc1cccc(S(=O)(=O)[O-])c1CCCCCCCCCC.[Ca+2]. The summed E-state index contributed by atoms with van der Waals surface area (Å²) in [4.78, 5) is 0.0324. The second-order valence-electron chi connectivity index (χ2n) is 17.6. The molecule has 0 saturated carbocycles. The molecule has 2 aromatic carbocycles. The quantitative estimate of drug-likeness (QED) is 0.0376. The summed E-state index contributed by atoms with van der Waals surface area (Å²) >= 11 is 0. The third-order valence-electron chi connectivity index (χ3n) is 12.2. The average molecular weight is 915 g/mol. The predicted octanol–water partition coefficient (Wildman–Crippen LogP) is 15.5. The first-order valence-corrected chi connectivity index (χ1v) is 28.0. The summed E-state index contributed by atoms with van der Waals surface area (Å²) in [6.07, 6.45) is 42.7. The minimum atomic E-state index is -4.41. The Morgan fingerprint density at radius 2 is 0.541 bits per heavy atom. The van der Waals surface area contributed by atoms with Crippen LogP contribution in [-0.4, -0.2) is 63.7 Å². The average Bonchev–Trinajstić information content (AvgIpc) is 3.22. The zero-order valence-electron chi connectivity index (χ0n) is 39.9. The standard InChI is InChI=1S/2C26H46O3S.Ca/c2*1-3-5-7-9-11-13-15-17-20-24-21-19-23-26(30(27,28)29)25(24)22-18-16-14-12-10-8-6-4-2;/h2*19,21,23H,3-18,20,22H2,1-2H3,(H,27,28,29);/q;;+2/p-2. The number of aryl methyl sites for hydroxylation is 2. The summed E-state index contributed by atoms with van der Waals surface area (Å²) in [7, 11) is -8.82. The van der Waals surface area contributed by atoms with Gasteiger partial charge in [-0.1, -0.05) is 232 Å². The maximum atomic E-state index is 11.8. The fraction of sp³-hybridized carbons (Fsp3) is 0.769. The van der Waals surface area contributed by atoms with Gasteiger partial charge >= 0.3 is 37.7 Å². The van der Waals surface area contributed by atoms with Crippen LogP contribution in [0.1, 0.15) is 255 Å². The summed E-state index contributed by atoms with van der Waals surface area (Å²) in [6, 6.07) is 10.5. The third kappa shape index (κ3) is 31.1. The maximum Gasteiger partial charge on any atom is 2.00 e. The van der Waals surface area contributed by atoms with E-state index in [0.717, 1.165) is 73.6 Å². The van der Waals surface area contributed by atoms with Crippen molar-refractivity contribution >= 4 is 58.0 Å². The van der Waals surface area contributed by atoms with Crippen molar-refractivity contribution in [3.8, 4) is 0 Å². The van der Waals surface area contributed by atoms with Crippen molar-refractivity contribution in [1.82, 2.24) is 0 Å². The number of hydrogen-bond donors (Lipinski definition) is 0. The molecule has 0 N–H and O–H groups in total. The topological polar surface area (TPSA) is 114 Å². The molecule has 0 fully saturated rings. The molecule has 0 aromatic heterocycles. The second-order valence-corrected chi connectivity index (χ2v) is 20.3. The summed E-state index contributed by atoms with van der Waals surface area (Å²) in [5, 5.41) is 0. The summed E-state index contributed by atoms with van der Waals surface area (Å²) in [5.41, 5.74) is 3.73. The normalized spacial score (nSPS) is 11.6. The summed E-state index contributed by atoms with van der Waals surface area (Å²) in [6.45, 7) is 8.93. The van der Waals surface area contributed by atoms with E-state index in [1.54, 1.807) is 12.1 Å². The minimum Gasteiger partial charge on any atom is -0.744 e. The van der Waals surface area contributed by atoms with Crippen LogP contribution in [0.2, 0.25) is 0 Å². The molecule has 0 saturated heterocycles. The summed E-state index contributed by atoms with van der Waals surface area (Å²) < 4.78 is 70.7. The largest absolute Gasteiger partial charge is 2.00 e. The van der Waals surface area contributed by atoms with E-state index in [2.05, 4.69) is 27.7 Å². The summed E-state index contributed by atoms with van der Waals surface area (Å²) in [5.74, 6) is 0. The molecule has 0 radical (unpaired) electrons. The van der Waals surface area contributed by atoms with Gasteiger partial charge in [-0.2, -0.15) is 0 Å². The molecular weight excluding hydrogens is 825 g/mol. The van der Waals surface area contributed by atoms with E-state index >= 15 is 0 Å². The molecular formula is C52H90CaO6S2. The Morgan fingerprint density at radius 1 is 0.328 bits per heavy atom. The van der Waals surface area contributed by atoms with Gasteiger partial charge in [0.2, 0.25) is 0 Å². The van der Waals surface area contributed by atoms with Gasteiger partial charge in [0, 0.05) is 0 Å². The van der Waals surface area contributed by atoms with Crippen LogP contribution in [0.4, 0.5) is 0 Å². The first-order chi connectivity index (χ1) is 29.0. The molecule has 0 aliphatic carbocycles. The van der Waals surface area contributed by atoms with Gasteiger partial charge in [0.1, 0.15) is 20.2 Å². The van der Waals surface area contributed by atoms with Crippen LogP contribution in [0.5, 0.6) is 0 Å².